The van der Waals surface area contributed by atoms with E-state index in [0.29, 0.717) is 0 Å². The largest absolute Gasteiger partial charge is 0.399 e. The van der Waals surface area contributed by atoms with Gasteiger partial charge in [-0.3, -0.25) is 0 Å². The lowest BCUT2D eigenvalue weighted by atomic mass is 10.1. The van der Waals surface area contributed by atoms with Gasteiger partial charge in [-0.05, 0) is 42.8 Å². The van der Waals surface area contributed by atoms with E-state index in [1.165, 1.54) is 16.5 Å². The van der Waals surface area contributed by atoms with Crippen molar-refractivity contribution in [3.8, 4) is 11.3 Å². The number of hydrogen-bond donors (Lipinski definition) is 2. The van der Waals surface area contributed by atoms with E-state index < -0.39 is 0 Å². The summed E-state index contributed by atoms with van der Waals surface area (Å²) in [5.41, 5.74) is 11.2. The second kappa shape index (κ2) is 3.67. The summed E-state index contributed by atoms with van der Waals surface area (Å²) in [7, 11) is 0. The van der Waals surface area contributed by atoms with E-state index in [9.17, 15) is 0 Å². The molecule has 84 valence electrons. The Morgan fingerprint density at radius 1 is 0.941 bits per heavy atom. The number of aryl methyl sites for hydroxylation is 1. The van der Waals surface area contributed by atoms with Gasteiger partial charge in [0, 0.05) is 22.3 Å². The lowest BCUT2D eigenvalue weighted by molar-refractivity contribution is 1.44. The second-order valence-corrected chi connectivity index (χ2v) is 4.40. The van der Waals surface area contributed by atoms with Gasteiger partial charge in [-0.1, -0.05) is 23.8 Å². The van der Waals surface area contributed by atoms with Crippen LogP contribution in [0.25, 0.3) is 22.2 Å². The minimum Gasteiger partial charge on any atom is -0.399 e. The number of nitrogens with two attached hydrogens (primary N) is 1. The number of H-pyrrole nitrogens is 1. The first-order chi connectivity index (χ1) is 8.22. The molecule has 17 heavy (non-hydrogen) atoms. The molecule has 0 atom stereocenters. The molecule has 0 saturated heterocycles. The lowest BCUT2D eigenvalue weighted by Gasteiger charge is -1.97. The third kappa shape index (κ3) is 1.78. The van der Waals surface area contributed by atoms with Gasteiger partial charge in [0.05, 0.1) is 0 Å². The standard InChI is InChI=1S/C15H14N2/c1-10-2-7-14-12(8-10)9-15(17-14)11-3-5-13(16)6-4-11/h2-9,17H,16H2,1H3. The summed E-state index contributed by atoms with van der Waals surface area (Å²) >= 11 is 0. The Kier molecular flexibility index (Phi) is 2.15. The Labute approximate surface area is 100 Å². The number of benzene rings is 2. The highest BCUT2D eigenvalue weighted by molar-refractivity contribution is 5.86. The summed E-state index contributed by atoms with van der Waals surface area (Å²) in [4.78, 5) is 3.42. The van der Waals surface area contributed by atoms with Crippen molar-refractivity contribution in [3.05, 3.63) is 54.1 Å². The van der Waals surface area contributed by atoms with Gasteiger partial charge >= 0.3 is 0 Å². The molecule has 0 saturated carbocycles. The average Bonchev–Trinajstić information content (AvgIpc) is 2.72. The Bertz CT molecular complexity index is 663. The third-order valence-electron chi connectivity index (χ3n) is 3.00. The Balaban J connectivity index is 2.14. The van der Waals surface area contributed by atoms with Crippen molar-refractivity contribution in [2.24, 2.45) is 0 Å². The van der Waals surface area contributed by atoms with Gasteiger partial charge < -0.3 is 10.7 Å². The van der Waals surface area contributed by atoms with Gasteiger partial charge in [0.2, 0.25) is 0 Å². The van der Waals surface area contributed by atoms with E-state index in [1.807, 2.05) is 24.3 Å². The van der Waals surface area contributed by atoms with Crippen molar-refractivity contribution in [3.63, 3.8) is 0 Å². The molecule has 0 radical (unpaired) electrons. The zero-order chi connectivity index (χ0) is 11.8. The zero-order valence-corrected chi connectivity index (χ0v) is 9.70. The summed E-state index contributed by atoms with van der Waals surface area (Å²) in [5.74, 6) is 0. The molecular weight excluding hydrogens is 208 g/mol. The SMILES string of the molecule is Cc1ccc2[nH]c(-c3ccc(N)cc3)cc2c1. The Morgan fingerprint density at radius 3 is 2.47 bits per heavy atom. The summed E-state index contributed by atoms with van der Waals surface area (Å²) in [6.45, 7) is 2.11. The van der Waals surface area contributed by atoms with E-state index in [0.717, 1.165) is 16.9 Å². The molecule has 0 unspecified atom stereocenters. The van der Waals surface area contributed by atoms with Crippen LogP contribution in [0.3, 0.4) is 0 Å². The molecule has 1 heterocycles. The minimum absolute atomic E-state index is 0.792. The van der Waals surface area contributed by atoms with Crippen molar-refractivity contribution in [2.45, 2.75) is 6.92 Å². The van der Waals surface area contributed by atoms with Gasteiger partial charge in [-0.2, -0.15) is 0 Å². The molecule has 0 aliphatic rings. The van der Waals surface area contributed by atoms with Crippen LogP contribution in [0.5, 0.6) is 0 Å². The molecule has 1 aromatic heterocycles. The van der Waals surface area contributed by atoms with E-state index in [4.69, 9.17) is 5.73 Å². The number of fused-ring (bicyclic) bond motifs is 1. The van der Waals surface area contributed by atoms with Crippen molar-refractivity contribution in [2.75, 3.05) is 5.73 Å². The predicted octanol–water partition coefficient (Wildman–Crippen LogP) is 3.73. The molecule has 3 rings (SSSR count). The molecule has 3 N–H and O–H groups in total. The number of aromatic nitrogens is 1. The minimum atomic E-state index is 0.792. The van der Waals surface area contributed by atoms with Crippen LogP contribution >= 0.6 is 0 Å². The summed E-state index contributed by atoms with van der Waals surface area (Å²) in [6.07, 6.45) is 0. The summed E-state index contributed by atoms with van der Waals surface area (Å²) in [6, 6.07) is 16.5. The summed E-state index contributed by atoms with van der Waals surface area (Å²) < 4.78 is 0. The molecule has 2 aromatic carbocycles. The third-order valence-corrected chi connectivity index (χ3v) is 3.00. The quantitative estimate of drug-likeness (QED) is 0.605. The molecule has 0 aliphatic heterocycles. The lowest BCUT2D eigenvalue weighted by Crippen LogP contribution is -1.83. The normalized spacial score (nSPS) is 10.9. The molecular formula is C15H14N2. The highest BCUT2D eigenvalue weighted by Crippen LogP contribution is 2.25. The maximum absolute atomic E-state index is 5.69. The number of anilines is 1. The number of rotatable bonds is 1. The van der Waals surface area contributed by atoms with Crippen LogP contribution < -0.4 is 5.73 Å². The summed E-state index contributed by atoms with van der Waals surface area (Å²) in [5, 5.41) is 1.25. The molecule has 0 amide bonds. The number of hydrogen-bond acceptors (Lipinski definition) is 1. The van der Waals surface area contributed by atoms with Crippen molar-refractivity contribution < 1.29 is 0 Å². The van der Waals surface area contributed by atoms with Gasteiger partial charge in [-0.15, -0.1) is 0 Å². The van der Waals surface area contributed by atoms with Gasteiger partial charge in [0.15, 0.2) is 0 Å². The van der Waals surface area contributed by atoms with Crippen molar-refractivity contribution in [1.82, 2.24) is 4.98 Å². The average molecular weight is 222 g/mol. The molecule has 0 fully saturated rings. The van der Waals surface area contributed by atoms with E-state index in [2.05, 4.69) is 36.2 Å². The first-order valence-corrected chi connectivity index (χ1v) is 5.68. The van der Waals surface area contributed by atoms with E-state index >= 15 is 0 Å². The van der Waals surface area contributed by atoms with Gasteiger partial charge in [-0.25, -0.2) is 0 Å². The monoisotopic (exact) mass is 222 g/mol. The van der Waals surface area contributed by atoms with Crippen LogP contribution in [0.2, 0.25) is 0 Å². The Hall–Kier alpha value is -2.22. The van der Waals surface area contributed by atoms with E-state index in [-0.39, 0.29) is 0 Å². The molecule has 2 heteroatoms. The molecule has 0 aliphatic carbocycles. The fourth-order valence-corrected chi connectivity index (χ4v) is 2.07. The molecule has 2 nitrogen and oxygen atoms in total. The fraction of sp³-hybridized carbons (Fsp3) is 0.0667. The highest BCUT2D eigenvalue weighted by Gasteiger charge is 2.02. The van der Waals surface area contributed by atoms with Gasteiger partial charge in [0.25, 0.3) is 0 Å². The number of nitrogen functional groups attached to an aromatic ring is 1. The first kappa shape index (κ1) is 9.97. The maximum Gasteiger partial charge on any atom is 0.0464 e. The van der Waals surface area contributed by atoms with Crippen molar-refractivity contribution >= 4 is 16.6 Å². The molecule has 0 bridgehead atoms. The molecule has 3 aromatic rings. The number of nitrogens with one attached hydrogen (secondary N) is 1. The maximum atomic E-state index is 5.69. The second-order valence-electron chi connectivity index (χ2n) is 4.40. The predicted molar refractivity (Wildman–Crippen MR) is 72.9 cm³/mol. The van der Waals surface area contributed by atoms with Crippen LogP contribution in [-0.2, 0) is 0 Å². The van der Waals surface area contributed by atoms with Crippen LogP contribution in [-0.4, -0.2) is 4.98 Å². The van der Waals surface area contributed by atoms with Crippen LogP contribution in [0.1, 0.15) is 5.56 Å². The van der Waals surface area contributed by atoms with Crippen LogP contribution in [0.15, 0.2) is 48.5 Å². The Morgan fingerprint density at radius 2 is 1.71 bits per heavy atom. The van der Waals surface area contributed by atoms with Crippen molar-refractivity contribution in [1.29, 1.82) is 0 Å². The highest BCUT2D eigenvalue weighted by atomic mass is 14.7. The molecule has 0 spiro atoms. The van der Waals surface area contributed by atoms with Gasteiger partial charge in [0.1, 0.15) is 0 Å². The first-order valence-electron chi connectivity index (χ1n) is 5.68. The van der Waals surface area contributed by atoms with Crippen LogP contribution in [0.4, 0.5) is 5.69 Å². The zero-order valence-electron chi connectivity index (χ0n) is 9.70. The smallest absolute Gasteiger partial charge is 0.0464 e. The topological polar surface area (TPSA) is 41.8 Å². The fourth-order valence-electron chi connectivity index (χ4n) is 2.07. The number of aromatic amines is 1. The van der Waals surface area contributed by atoms with Crippen LogP contribution in [0, 0.1) is 6.92 Å². The van der Waals surface area contributed by atoms with E-state index in [1.54, 1.807) is 0 Å².